The van der Waals surface area contributed by atoms with E-state index in [2.05, 4.69) is 20.7 Å². The maximum atomic E-state index is 4.11. The lowest BCUT2D eigenvalue weighted by molar-refractivity contribution is 0.573. The molecule has 0 unspecified atom stereocenters. The summed E-state index contributed by atoms with van der Waals surface area (Å²) >= 11 is 0. The van der Waals surface area contributed by atoms with Crippen LogP contribution in [0.3, 0.4) is 0 Å². The molecule has 1 heterocycles. The first kappa shape index (κ1) is 8.68. The van der Waals surface area contributed by atoms with E-state index >= 15 is 0 Å². The van der Waals surface area contributed by atoms with E-state index in [1.165, 1.54) is 0 Å². The second-order valence-electron chi connectivity index (χ2n) is 2.88. The Kier molecular flexibility index (Phi) is 2.40. The standard InChI is InChI=1S/C9H11N5/c1-10-9-11-13-14(12-9)7-8-5-3-2-4-6-8/h2-6H,7H2,1H3,(H,10,12). The third-order valence-electron chi connectivity index (χ3n) is 1.84. The predicted octanol–water partition coefficient (Wildman–Crippen LogP) is 0.763. The Labute approximate surface area is 81.8 Å². The molecular weight excluding hydrogens is 178 g/mol. The fourth-order valence-electron chi connectivity index (χ4n) is 1.16. The summed E-state index contributed by atoms with van der Waals surface area (Å²) in [4.78, 5) is 1.56. The Morgan fingerprint density at radius 3 is 2.71 bits per heavy atom. The van der Waals surface area contributed by atoms with Gasteiger partial charge >= 0.3 is 0 Å². The second kappa shape index (κ2) is 3.87. The van der Waals surface area contributed by atoms with Gasteiger partial charge in [-0.05, 0) is 10.8 Å². The van der Waals surface area contributed by atoms with Gasteiger partial charge in [-0.2, -0.15) is 4.80 Å². The van der Waals surface area contributed by atoms with Gasteiger partial charge in [0.25, 0.3) is 5.95 Å². The minimum Gasteiger partial charge on any atom is -0.355 e. The normalized spacial score (nSPS) is 10.1. The highest BCUT2D eigenvalue weighted by Gasteiger charge is 1.99. The molecule has 2 aromatic rings. The van der Waals surface area contributed by atoms with Crippen molar-refractivity contribution in [3.05, 3.63) is 35.9 Å². The molecule has 72 valence electrons. The van der Waals surface area contributed by atoms with Crippen molar-refractivity contribution < 1.29 is 0 Å². The lowest BCUT2D eigenvalue weighted by Crippen LogP contribution is -2.04. The van der Waals surface area contributed by atoms with Gasteiger partial charge < -0.3 is 5.32 Å². The molecule has 0 atom stereocenters. The first-order chi connectivity index (χ1) is 6.88. The molecule has 5 heteroatoms. The third-order valence-corrected chi connectivity index (χ3v) is 1.84. The molecule has 1 aromatic heterocycles. The number of benzene rings is 1. The van der Waals surface area contributed by atoms with Crippen molar-refractivity contribution in [2.45, 2.75) is 6.54 Å². The number of tetrazole rings is 1. The molecule has 0 saturated carbocycles. The van der Waals surface area contributed by atoms with E-state index < -0.39 is 0 Å². The summed E-state index contributed by atoms with van der Waals surface area (Å²) in [6.07, 6.45) is 0. The lowest BCUT2D eigenvalue weighted by Gasteiger charge is -1.97. The van der Waals surface area contributed by atoms with Crippen molar-refractivity contribution in [2.75, 3.05) is 12.4 Å². The van der Waals surface area contributed by atoms with Crippen LogP contribution in [0, 0.1) is 0 Å². The molecule has 2 rings (SSSR count). The molecule has 0 bridgehead atoms. The molecule has 14 heavy (non-hydrogen) atoms. The van der Waals surface area contributed by atoms with Gasteiger partial charge in [-0.1, -0.05) is 35.4 Å². The van der Waals surface area contributed by atoms with Gasteiger partial charge in [-0.3, -0.25) is 0 Å². The zero-order valence-corrected chi connectivity index (χ0v) is 7.88. The van der Waals surface area contributed by atoms with Crippen molar-refractivity contribution in [3.8, 4) is 0 Å². The van der Waals surface area contributed by atoms with E-state index in [0.29, 0.717) is 12.5 Å². The third kappa shape index (κ3) is 1.87. The van der Waals surface area contributed by atoms with Crippen molar-refractivity contribution in [3.63, 3.8) is 0 Å². The minimum absolute atomic E-state index is 0.543. The summed E-state index contributed by atoms with van der Waals surface area (Å²) in [7, 11) is 1.77. The molecule has 0 spiro atoms. The van der Waals surface area contributed by atoms with Crippen LogP contribution in [0.4, 0.5) is 5.95 Å². The molecule has 0 aliphatic carbocycles. The van der Waals surface area contributed by atoms with Gasteiger partial charge in [0, 0.05) is 7.05 Å². The van der Waals surface area contributed by atoms with Crippen LogP contribution >= 0.6 is 0 Å². The number of nitrogens with one attached hydrogen (secondary N) is 1. The Bertz CT molecular complexity index is 395. The number of rotatable bonds is 3. The minimum atomic E-state index is 0.543. The van der Waals surface area contributed by atoms with Crippen LogP contribution < -0.4 is 5.32 Å². The predicted molar refractivity (Wildman–Crippen MR) is 52.9 cm³/mol. The van der Waals surface area contributed by atoms with Crippen LogP contribution in [0.1, 0.15) is 5.56 Å². The van der Waals surface area contributed by atoms with Crippen LogP contribution in [0.5, 0.6) is 0 Å². The molecule has 0 aliphatic rings. The van der Waals surface area contributed by atoms with E-state index in [9.17, 15) is 0 Å². The highest BCUT2D eigenvalue weighted by atomic mass is 15.6. The van der Waals surface area contributed by atoms with Gasteiger partial charge in [0.2, 0.25) is 0 Å². The smallest absolute Gasteiger partial charge is 0.263 e. The second-order valence-corrected chi connectivity index (χ2v) is 2.88. The van der Waals surface area contributed by atoms with E-state index in [1.807, 2.05) is 30.3 Å². The van der Waals surface area contributed by atoms with Gasteiger partial charge in [-0.25, -0.2) is 0 Å². The van der Waals surface area contributed by atoms with Crippen molar-refractivity contribution in [1.82, 2.24) is 20.2 Å². The summed E-state index contributed by atoms with van der Waals surface area (Å²) in [6, 6.07) is 10.0. The largest absolute Gasteiger partial charge is 0.355 e. The summed E-state index contributed by atoms with van der Waals surface area (Å²) in [5, 5.41) is 14.6. The first-order valence-corrected chi connectivity index (χ1v) is 4.38. The van der Waals surface area contributed by atoms with E-state index in [1.54, 1.807) is 11.8 Å². The number of aromatic nitrogens is 4. The summed E-state index contributed by atoms with van der Waals surface area (Å²) in [5.74, 6) is 0.543. The molecule has 1 N–H and O–H groups in total. The SMILES string of the molecule is CNc1nnn(Cc2ccccc2)n1. The monoisotopic (exact) mass is 189 g/mol. The van der Waals surface area contributed by atoms with E-state index in [-0.39, 0.29) is 0 Å². The van der Waals surface area contributed by atoms with Gasteiger partial charge in [0.05, 0.1) is 6.54 Å². The van der Waals surface area contributed by atoms with E-state index in [0.717, 1.165) is 5.56 Å². The average molecular weight is 189 g/mol. The quantitative estimate of drug-likeness (QED) is 0.774. The van der Waals surface area contributed by atoms with Crippen LogP contribution in [0.2, 0.25) is 0 Å². The molecule has 0 saturated heterocycles. The summed E-state index contributed by atoms with van der Waals surface area (Å²) < 4.78 is 0. The summed E-state index contributed by atoms with van der Waals surface area (Å²) in [5.41, 5.74) is 1.16. The summed E-state index contributed by atoms with van der Waals surface area (Å²) in [6.45, 7) is 0.648. The van der Waals surface area contributed by atoms with Crippen molar-refractivity contribution in [1.29, 1.82) is 0 Å². The zero-order valence-electron chi connectivity index (χ0n) is 7.88. The van der Waals surface area contributed by atoms with Crippen LogP contribution in [-0.2, 0) is 6.54 Å². The van der Waals surface area contributed by atoms with E-state index in [4.69, 9.17) is 0 Å². The Balaban J connectivity index is 2.11. The average Bonchev–Trinajstić information content (AvgIpc) is 2.67. The molecule has 0 aliphatic heterocycles. The Hall–Kier alpha value is -1.91. The lowest BCUT2D eigenvalue weighted by atomic mass is 10.2. The molecule has 0 amide bonds. The molecule has 5 nitrogen and oxygen atoms in total. The topological polar surface area (TPSA) is 55.6 Å². The number of hydrogen-bond donors (Lipinski definition) is 1. The maximum Gasteiger partial charge on any atom is 0.263 e. The Morgan fingerprint density at radius 1 is 1.29 bits per heavy atom. The molecule has 1 aromatic carbocycles. The fourth-order valence-corrected chi connectivity index (χ4v) is 1.16. The zero-order chi connectivity index (χ0) is 9.80. The van der Waals surface area contributed by atoms with Crippen molar-refractivity contribution >= 4 is 5.95 Å². The highest BCUT2D eigenvalue weighted by molar-refractivity contribution is 5.18. The maximum absolute atomic E-state index is 4.11. The van der Waals surface area contributed by atoms with Gasteiger partial charge in [0.1, 0.15) is 0 Å². The molecular formula is C9H11N5. The van der Waals surface area contributed by atoms with Gasteiger partial charge in [0.15, 0.2) is 0 Å². The van der Waals surface area contributed by atoms with Crippen LogP contribution in [-0.4, -0.2) is 27.3 Å². The molecule has 0 fully saturated rings. The van der Waals surface area contributed by atoms with Crippen LogP contribution in [0.15, 0.2) is 30.3 Å². The number of anilines is 1. The Morgan fingerprint density at radius 2 is 2.07 bits per heavy atom. The first-order valence-electron chi connectivity index (χ1n) is 4.38. The van der Waals surface area contributed by atoms with Crippen molar-refractivity contribution in [2.24, 2.45) is 0 Å². The fraction of sp³-hybridized carbons (Fsp3) is 0.222. The van der Waals surface area contributed by atoms with Crippen LogP contribution in [0.25, 0.3) is 0 Å². The number of nitrogens with zero attached hydrogens (tertiary/aromatic N) is 4. The number of hydrogen-bond acceptors (Lipinski definition) is 4. The molecule has 0 radical (unpaired) electrons. The van der Waals surface area contributed by atoms with Gasteiger partial charge in [-0.15, -0.1) is 5.10 Å². The highest BCUT2D eigenvalue weighted by Crippen LogP contribution is 2.00.